The molecular formula is C27H36N4O3. The zero-order chi connectivity index (χ0) is 23.5. The summed E-state index contributed by atoms with van der Waals surface area (Å²) in [5, 5.41) is 12.8. The predicted molar refractivity (Wildman–Crippen MR) is 132 cm³/mol. The molecule has 1 aromatic heterocycles. The van der Waals surface area contributed by atoms with Crippen molar-refractivity contribution < 1.29 is 9.90 Å². The van der Waals surface area contributed by atoms with Gasteiger partial charge in [0.05, 0.1) is 12.1 Å². The molecule has 7 nitrogen and oxygen atoms in total. The molecule has 1 amide bonds. The van der Waals surface area contributed by atoms with Gasteiger partial charge in [0.25, 0.3) is 11.5 Å². The Morgan fingerprint density at radius 1 is 1.00 bits per heavy atom. The summed E-state index contributed by atoms with van der Waals surface area (Å²) in [5.74, 6) is -0.304. The molecule has 7 heteroatoms. The molecule has 2 aliphatic heterocycles. The lowest BCUT2D eigenvalue weighted by Gasteiger charge is -2.41. The van der Waals surface area contributed by atoms with Crippen LogP contribution in [-0.4, -0.2) is 64.1 Å². The summed E-state index contributed by atoms with van der Waals surface area (Å²) < 4.78 is 0. The maximum absolute atomic E-state index is 12.9. The van der Waals surface area contributed by atoms with E-state index in [4.69, 9.17) is 0 Å². The predicted octanol–water partition coefficient (Wildman–Crippen LogP) is 2.60. The number of likely N-dealkylation sites (tertiary alicyclic amines) is 2. The summed E-state index contributed by atoms with van der Waals surface area (Å²) in [6, 6.07) is 12.3. The number of amides is 1. The molecule has 0 spiro atoms. The number of nitrogens with zero attached hydrogens (tertiary/aromatic N) is 2. The number of H-pyrrole nitrogens is 1. The van der Waals surface area contributed by atoms with Crippen molar-refractivity contribution in [2.24, 2.45) is 0 Å². The zero-order valence-electron chi connectivity index (χ0n) is 19.8. The first-order valence-corrected chi connectivity index (χ1v) is 12.8. The number of pyridine rings is 1. The van der Waals surface area contributed by atoms with E-state index < -0.39 is 0 Å². The molecule has 182 valence electrons. The largest absolute Gasteiger partial charge is 0.393 e. The number of aromatic amines is 1. The molecular weight excluding hydrogens is 428 g/mol. The molecule has 2 saturated heterocycles. The Hall–Kier alpha value is -2.48. The maximum Gasteiger partial charge on any atom is 0.261 e. The van der Waals surface area contributed by atoms with Gasteiger partial charge in [0, 0.05) is 44.5 Å². The normalized spacial score (nSPS) is 22.9. The third kappa shape index (κ3) is 5.27. The second-order valence-corrected chi connectivity index (χ2v) is 10.1. The number of hydrogen-bond donors (Lipinski definition) is 3. The van der Waals surface area contributed by atoms with Crippen molar-refractivity contribution in [1.29, 1.82) is 0 Å². The van der Waals surface area contributed by atoms with Crippen molar-refractivity contribution in [2.45, 2.75) is 69.7 Å². The van der Waals surface area contributed by atoms with Gasteiger partial charge in [-0.1, -0.05) is 24.3 Å². The molecule has 1 aromatic carbocycles. The van der Waals surface area contributed by atoms with E-state index in [9.17, 15) is 14.7 Å². The average molecular weight is 465 g/mol. The Morgan fingerprint density at radius 2 is 1.76 bits per heavy atom. The fraction of sp³-hybridized carbons (Fsp3) is 0.556. The summed E-state index contributed by atoms with van der Waals surface area (Å²) in [7, 11) is 0. The van der Waals surface area contributed by atoms with Crippen LogP contribution in [0.3, 0.4) is 0 Å². The minimum Gasteiger partial charge on any atom is -0.393 e. The first-order chi connectivity index (χ1) is 16.6. The molecule has 1 atom stereocenters. The Kier molecular flexibility index (Phi) is 7.13. The third-order valence-corrected chi connectivity index (χ3v) is 7.86. The number of nitrogens with one attached hydrogen (secondary N) is 2. The van der Waals surface area contributed by atoms with Crippen LogP contribution in [-0.2, 0) is 13.0 Å². The number of aryl methyl sites for hydroxylation is 1. The molecule has 1 aliphatic carbocycles. The van der Waals surface area contributed by atoms with Crippen LogP contribution in [0.25, 0.3) is 0 Å². The van der Waals surface area contributed by atoms with E-state index in [1.54, 1.807) is 6.07 Å². The van der Waals surface area contributed by atoms with E-state index in [2.05, 4.69) is 32.2 Å². The number of piperidine rings is 2. The molecule has 3 aliphatic rings. The maximum atomic E-state index is 12.9. The number of aliphatic hydroxyl groups excluding tert-OH is 1. The van der Waals surface area contributed by atoms with E-state index in [-0.39, 0.29) is 29.2 Å². The van der Waals surface area contributed by atoms with Crippen LogP contribution < -0.4 is 10.9 Å². The molecule has 0 saturated carbocycles. The van der Waals surface area contributed by atoms with Crippen LogP contribution in [0.1, 0.15) is 71.7 Å². The van der Waals surface area contributed by atoms with Gasteiger partial charge in [-0.05, 0) is 68.2 Å². The average Bonchev–Trinajstić information content (AvgIpc) is 2.85. The number of benzene rings is 1. The van der Waals surface area contributed by atoms with Gasteiger partial charge in [-0.2, -0.15) is 0 Å². The molecule has 3 heterocycles. The number of aromatic nitrogens is 1. The molecule has 0 bridgehead atoms. The molecule has 1 unspecified atom stereocenters. The number of hydrogen-bond acceptors (Lipinski definition) is 5. The highest BCUT2D eigenvalue weighted by Crippen LogP contribution is 2.29. The third-order valence-electron chi connectivity index (χ3n) is 7.86. The van der Waals surface area contributed by atoms with E-state index >= 15 is 0 Å². The van der Waals surface area contributed by atoms with E-state index in [0.29, 0.717) is 12.6 Å². The fourth-order valence-electron chi connectivity index (χ4n) is 5.86. The Bertz CT molecular complexity index is 1050. The molecule has 0 radical (unpaired) electrons. The van der Waals surface area contributed by atoms with E-state index in [0.717, 1.165) is 76.8 Å². The summed E-state index contributed by atoms with van der Waals surface area (Å²) in [6.07, 6.45) is 6.84. The Morgan fingerprint density at radius 3 is 2.53 bits per heavy atom. The van der Waals surface area contributed by atoms with Crippen molar-refractivity contribution in [1.82, 2.24) is 20.1 Å². The summed E-state index contributed by atoms with van der Waals surface area (Å²) in [5.41, 5.74) is 3.16. The topological polar surface area (TPSA) is 88.7 Å². The number of fused-ring (bicyclic) bond motifs is 1. The van der Waals surface area contributed by atoms with E-state index in [1.165, 1.54) is 11.1 Å². The van der Waals surface area contributed by atoms with Crippen molar-refractivity contribution in [2.75, 3.05) is 26.2 Å². The van der Waals surface area contributed by atoms with Crippen LogP contribution in [0.15, 0.2) is 41.2 Å². The number of aliphatic hydroxyl groups is 1. The zero-order valence-corrected chi connectivity index (χ0v) is 19.8. The van der Waals surface area contributed by atoms with Crippen LogP contribution in [0, 0.1) is 0 Å². The van der Waals surface area contributed by atoms with Gasteiger partial charge in [0.2, 0.25) is 0 Å². The molecule has 34 heavy (non-hydrogen) atoms. The van der Waals surface area contributed by atoms with Crippen molar-refractivity contribution >= 4 is 5.91 Å². The van der Waals surface area contributed by atoms with Gasteiger partial charge in [0.15, 0.2) is 0 Å². The summed E-state index contributed by atoms with van der Waals surface area (Å²) in [6.45, 7) is 4.67. The lowest BCUT2D eigenvalue weighted by Crippen LogP contribution is -2.48. The molecule has 2 aromatic rings. The SMILES string of the molecule is O=C(NC1CCCc2ccccc21)c1ccc(CN2CCC(N3CCC(O)CC3)CC2)[nH]c1=O. The first kappa shape index (κ1) is 23.3. The smallest absolute Gasteiger partial charge is 0.261 e. The van der Waals surface area contributed by atoms with Crippen LogP contribution in [0.5, 0.6) is 0 Å². The molecule has 3 N–H and O–H groups in total. The van der Waals surface area contributed by atoms with Crippen molar-refractivity contribution in [3.8, 4) is 0 Å². The first-order valence-electron chi connectivity index (χ1n) is 12.8. The minimum absolute atomic E-state index is 0.0408. The van der Waals surface area contributed by atoms with Gasteiger partial charge < -0.3 is 20.3 Å². The monoisotopic (exact) mass is 464 g/mol. The summed E-state index contributed by atoms with van der Waals surface area (Å²) in [4.78, 5) is 33.5. The van der Waals surface area contributed by atoms with E-state index in [1.807, 2.05) is 18.2 Å². The van der Waals surface area contributed by atoms with Gasteiger partial charge in [-0.25, -0.2) is 0 Å². The fourth-order valence-corrected chi connectivity index (χ4v) is 5.86. The second-order valence-electron chi connectivity index (χ2n) is 10.1. The summed E-state index contributed by atoms with van der Waals surface area (Å²) >= 11 is 0. The van der Waals surface area contributed by atoms with Gasteiger partial charge in [-0.15, -0.1) is 0 Å². The minimum atomic E-state index is -0.319. The number of rotatable bonds is 5. The quantitative estimate of drug-likeness (QED) is 0.633. The lowest BCUT2D eigenvalue weighted by atomic mass is 9.87. The van der Waals surface area contributed by atoms with Crippen LogP contribution in [0.2, 0.25) is 0 Å². The van der Waals surface area contributed by atoms with Crippen LogP contribution in [0.4, 0.5) is 0 Å². The Labute approximate surface area is 201 Å². The van der Waals surface area contributed by atoms with Gasteiger partial charge in [0.1, 0.15) is 5.56 Å². The molecule has 2 fully saturated rings. The standard InChI is InChI=1S/C27H36N4O3/c32-22-12-16-31(17-13-22)21-10-14-30(15-11-21)18-20-8-9-24(26(33)28-20)27(34)29-25-7-3-5-19-4-1-2-6-23(19)25/h1-2,4,6,8-9,21-22,25,32H,3,5,7,10-18H2,(H,28,33)(H,29,34). The van der Waals surface area contributed by atoms with Crippen molar-refractivity contribution in [3.05, 3.63) is 69.1 Å². The number of carbonyl (C=O) groups excluding carboxylic acids is 1. The van der Waals surface area contributed by atoms with Gasteiger partial charge >= 0.3 is 0 Å². The lowest BCUT2D eigenvalue weighted by molar-refractivity contribution is 0.0373. The highest BCUT2D eigenvalue weighted by molar-refractivity contribution is 5.94. The molecule has 5 rings (SSSR count). The second kappa shape index (κ2) is 10.4. The Balaban J connectivity index is 1.16. The van der Waals surface area contributed by atoms with Crippen LogP contribution >= 0.6 is 0 Å². The highest BCUT2D eigenvalue weighted by Gasteiger charge is 2.28. The van der Waals surface area contributed by atoms with Gasteiger partial charge in [-0.3, -0.25) is 14.5 Å². The highest BCUT2D eigenvalue weighted by atomic mass is 16.3. The van der Waals surface area contributed by atoms with Crippen molar-refractivity contribution in [3.63, 3.8) is 0 Å². The number of carbonyl (C=O) groups is 1.